The number of sulfonamides is 1. The fraction of sp³-hybridized carbons (Fsp3) is 0.750. The molecule has 2 fully saturated rings. The second-order valence-corrected chi connectivity index (χ2v) is 7.12. The van der Waals surface area contributed by atoms with Gasteiger partial charge in [0.1, 0.15) is 4.90 Å². The van der Waals surface area contributed by atoms with Crippen molar-refractivity contribution in [1.82, 2.24) is 14.5 Å². The molecule has 1 aliphatic heterocycles. The SMILES string of the molecule is COC[C@@H]1[C@@H](NS(=O)(=O)c2cnn(C)c2)[C@@H]2CCO[C@H]12. The van der Waals surface area contributed by atoms with Crippen LogP contribution in [0.25, 0.3) is 0 Å². The lowest BCUT2D eigenvalue weighted by Gasteiger charge is -2.47. The molecule has 1 aliphatic carbocycles. The molecule has 0 radical (unpaired) electrons. The van der Waals surface area contributed by atoms with Crippen molar-refractivity contribution in [3.63, 3.8) is 0 Å². The van der Waals surface area contributed by atoms with Gasteiger partial charge in [0.05, 0.1) is 18.9 Å². The Morgan fingerprint density at radius 2 is 2.40 bits per heavy atom. The third kappa shape index (κ3) is 2.26. The van der Waals surface area contributed by atoms with Gasteiger partial charge < -0.3 is 9.47 Å². The third-order valence-corrected chi connectivity index (χ3v) is 5.58. The van der Waals surface area contributed by atoms with E-state index in [0.717, 1.165) is 6.42 Å². The summed E-state index contributed by atoms with van der Waals surface area (Å²) in [7, 11) is -0.222. The third-order valence-electron chi connectivity index (χ3n) is 4.17. The van der Waals surface area contributed by atoms with E-state index in [4.69, 9.17) is 9.47 Å². The molecular formula is C12H19N3O4S. The Morgan fingerprint density at radius 3 is 3.05 bits per heavy atom. The van der Waals surface area contributed by atoms with Crippen LogP contribution in [0.4, 0.5) is 0 Å². The van der Waals surface area contributed by atoms with Crippen LogP contribution in [-0.4, -0.2) is 50.7 Å². The van der Waals surface area contributed by atoms with Crippen molar-refractivity contribution in [2.75, 3.05) is 20.3 Å². The Labute approximate surface area is 118 Å². The number of nitrogens with one attached hydrogen (secondary N) is 1. The number of hydrogen-bond acceptors (Lipinski definition) is 5. The largest absolute Gasteiger partial charge is 0.384 e. The minimum Gasteiger partial charge on any atom is -0.384 e. The van der Waals surface area contributed by atoms with E-state index >= 15 is 0 Å². The lowest BCUT2D eigenvalue weighted by atomic mass is 9.68. The molecule has 0 amide bonds. The van der Waals surface area contributed by atoms with Crippen molar-refractivity contribution in [3.05, 3.63) is 12.4 Å². The smallest absolute Gasteiger partial charge is 0.243 e. The Kier molecular flexibility index (Phi) is 3.57. The van der Waals surface area contributed by atoms with Gasteiger partial charge in [0.25, 0.3) is 0 Å². The van der Waals surface area contributed by atoms with Crippen molar-refractivity contribution in [2.45, 2.75) is 23.5 Å². The van der Waals surface area contributed by atoms with E-state index in [1.165, 1.54) is 17.1 Å². The predicted molar refractivity (Wildman–Crippen MR) is 70.5 cm³/mol. The van der Waals surface area contributed by atoms with E-state index < -0.39 is 10.0 Å². The molecule has 0 bridgehead atoms. The summed E-state index contributed by atoms with van der Waals surface area (Å²) < 4.78 is 39.8. The van der Waals surface area contributed by atoms with E-state index in [9.17, 15) is 8.42 Å². The first-order valence-electron chi connectivity index (χ1n) is 6.64. The Bertz CT molecular complexity index is 585. The molecule has 1 aromatic heterocycles. The number of rotatable bonds is 5. The zero-order valence-electron chi connectivity index (χ0n) is 11.5. The van der Waals surface area contributed by atoms with Gasteiger partial charge in [0.15, 0.2) is 0 Å². The molecule has 1 saturated heterocycles. The highest BCUT2D eigenvalue weighted by Gasteiger charge is 2.54. The average molecular weight is 301 g/mol. The van der Waals surface area contributed by atoms with Crippen LogP contribution in [0.1, 0.15) is 6.42 Å². The Hall–Kier alpha value is -0.960. The van der Waals surface area contributed by atoms with Gasteiger partial charge in [0, 0.05) is 44.8 Å². The zero-order valence-corrected chi connectivity index (χ0v) is 12.3. The highest BCUT2D eigenvalue weighted by atomic mass is 32.2. The summed E-state index contributed by atoms with van der Waals surface area (Å²) in [5.41, 5.74) is 0. The summed E-state index contributed by atoms with van der Waals surface area (Å²) in [6.45, 7) is 1.20. The van der Waals surface area contributed by atoms with E-state index in [-0.39, 0.29) is 28.9 Å². The summed E-state index contributed by atoms with van der Waals surface area (Å²) >= 11 is 0. The molecule has 3 rings (SSSR count). The van der Waals surface area contributed by atoms with Crippen LogP contribution in [0.15, 0.2) is 17.3 Å². The number of nitrogens with zero attached hydrogens (tertiary/aromatic N) is 2. The van der Waals surface area contributed by atoms with Gasteiger partial charge in [-0.25, -0.2) is 13.1 Å². The zero-order chi connectivity index (χ0) is 14.3. The van der Waals surface area contributed by atoms with Crippen molar-refractivity contribution in [2.24, 2.45) is 18.9 Å². The molecule has 0 spiro atoms. The molecule has 112 valence electrons. The number of aryl methyl sites for hydroxylation is 1. The number of aromatic nitrogens is 2. The molecule has 2 heterocycles. The fourth-order valence-corrected chi connectivity index (χ4v) is 4.50. The van der Waals surface area contributed by atoms with Gasteiger partial charge in [-0.3, -0.25) is 4.68 Å². The molecule has 7 nitrogen and oxygen atoms in total. The molecule has 0 aromatic carbocycles. The van der Waals surface area contributed by atoms with Gasteiger partial charge in [-0.15, -0.1) is 0 Å². The fourth-order valence-electron chi connectivity index (χ4n) is 3.18. The van der Waals surface area contributed by atoms with E-state index in [1.54, 1.807) is 14.2 Å². The maximum atomic E-state index is 12.3. The number of ether oxygens (including phenoxy) is 2. The molecule has 1 N–H and O–H groups in total. The molecule has 2 aliphatic rings. The van der Waals surface area contributed by atoms with Crippen LogP contribution in [-0.2, 0) is 26.5 Å². The van der Waals surface area contributed by atoms with E-state index in [1.807, 2.05) is 0 Å². The number of fused-ring (bicyclic) bond motifs is 1. The van der Waals surface area contributed by atoms with Crippen molar-refractivity contribution >= 4 is 10.0 Å². The summed E-state index contributed by atoms with van der Waals surface area (Å²) in [6, 6.07) is -0.118. The Balaban J connectivity index is 1.76. The van der Waals surface area contributed by atoms with Gasteiger partial charge in [-0.1, -0.05) is 0 Å². The molecule has 8 heteroatoms. The quantitative estimate of drug-likeness (QED) is 0.811. The van der Waals surface area contributed by atoms with Crippen LogP contribution in [0, 0.1) is 11.8 Å². The average Bonchev–Trinajstić information content (AvgIpc) is 3.00. The lowest BCUT2D eigenvalue weighted by Crippen LogP contribution is -2.62. The first-order chi connectivity index (χ1) is 9.53. The summed E-state index contributed by atoms with van der Waals surface area (Å²) in [5, 5.41) is 3.90. The van der Waals surface area contributed by atoms with Gasteiger partial charge in [-0.05, 0) is 6.42 Å². The standard InChI is InChI=1S/C12H19N3O4S/c1-15-6-8(5-13-15)20(16,17)14-11-9-3-4-19-12(9)10(11)7-18-2/h5-6,9-12,14H,3-4,7H2,1-2H3/t9-,10+,11-,12-/m0/s1. The van der Waals surface area contributed by atoms with Crippen molar-refractivity contribution in [1.29, 1.82) is 0 Å². The van der Waals surface area contributed by atoms with Crippen LogP contribution < -0.4 is 4.72 Å². The first-order valence-corrected chi connectivity index (χ1v) is 8.13. The van der Waals surface area contributed by atoms with Gasteiger partial charge in [0.2, 0.25) is 10.0 Å². The first kappa shape index (κ1) is 14.0. The molecule has 1 aromatic rings. The van der Waals surface area contributed by atoms with Gasteiger partial charge in [-0.2, -0.15) is 5.10 Å². The number of hydrogen-bond donors (Lipinski definition) is 1. The van der Waals surface area contributed by atoms with E-state index in [0.29, 0.717) is 13.2 Å². The molecule has 1 saturated carbocycles. The molecular weight excluding hydrogens is 282 g/mol. The molecule has 20 heavy (non-hydrogen) atoms. The maximum absolute atomic E-state index is 12.3. The van der Waals surface area contributed by atoms with Crippen LogP contribution in [0.5, 0.6) is 0 Å². The highest BCUT2D eigenvalue weighted by molar-refractivity contribution is 7.89. The van der Waals surface area contributed by atoms with E-state index in [2.05, 4.69) is 9.82 Å². The normalized spacial score (nSPS) is 32.9. The minimum absolute atomic E-state index is 0.0824. The van der Waals surface area contributed by atoms with Crippen molar-refractivity contribution in [3.8, 4) is 0 Å². The Morgan fingerprint density at radius 1 is 1.60 bits per heavy atom. The summed E-state index contributed by atoms with van der Waals surface area (Å²) in [6.07, 6.45) is 3.87. The lowest BCUT2D eigenvalue weighted by molar-refractivity contribution is -0.0775. The van der Waals surface area contributed by atoms with Crippen LogP contribution in [0.2, 0.25) is 0 Å². The summed E-state index contributed by atoms with van der Waals surface area (Å²) in [5.74, 6) is 0.334. The molecule has 4 atom stereocenters. The predicted octanol–water partition coefficient (Wildman–Crippen LogP) is -0.252. The number of methoxy groups -OCH3 is 1. The minimum atomic E-state index is -3.53. The van der Waals surface area contributed by atoms with Gasteiger partial charge >= 0.3 is 0 Å². The maximum Gasteiger partial charge on any atom is 0.243 e. The molecule has 0 unspecified atom stereocenters. The van der Waals surface area contributed by atoms with Crippen LogP contribution >= 0.6 is 0 Å². The summed E-state index contributed by atoms with van der Waals surface area (Å²) in [4.78, 5) is 0.193. The van der Waals surface area contributed by atoms with Crippen molar-refractivity contribution < 1.29 is 17.9 Å². The highest BCUT2D eigenvalue weighted by Crippen LogP contribution is 2.44. The second kappa shape index (κ2) is 5.10. The second-order valence-electron chi connectivity index (χ2n) is 5.40. The monoisotopic (exact) mass is 301 g/mol. The van der Waals surface area contributed by atoms with Crippen LogP contribution in [0.3, 0.4) is 0 Å². The topological polar surface area (TPSA) is 82.5 Å².